The van der Waals surface area contributed by atoms with Gasteiger partial charge in [0.25, 0.3) is 0 Å². The number of aromatic nitrogens is 1. The highest BCUT2D eigenvalue weighted by molar-refractivity contribution is 7.18. The topological polar surface area (TPSA) is 45.2 Å². The van der Waals surface area contributed by atoms with Crippen LogP contribution in [-0.4, -0.2) is 42.0 Å². The number of thiazole rings is 1. The van der Waals surface area contributed by atoms with Crippen LogP contribution in [0.1, 0.15) is 23.9 Å². The first-order valence-electron chi connectivity index (χ1n) is 9.57. The summed E-state index contributed by atoms with van der Waals surface area (Å²) in [5.74, 6) is 0.205. The number of para-hydroxylation sites is 1. The maximum Gasteiger partial charge on any atom is 0.233 e. The molecule has 1 aliphatic rings. The molecule has 0 aliphatic carbocycles. The van der Waals surface area contributed by atoms with Crippen LogP contribution in [0.5, 0.6) is 0 Å². The molecule has 5 heteroatoms. The largest absolute Gasteiger partial charge is 0.341 e. The van der Waals surface area contributed by atoms with E-state index in [1.54, 1.807) is 11.3 Å². The molecule has 1 atom stereocenters. The van der Waals surface area contributed by atoms with Crippen molar-refractivity contribution in [2.24, 2.45) is 0 Å². The second kappa shape index (κ2) is 7.79. The van der Waals surface area contributed by atoms with Crippen LogP contribution in [0.3, 0.4) is 0 Å². The van der Waals surface area contributed by atoms with Gasteiger partial charge >= 0.3 is 0 Å². The maximum atomic E-state index is 13.7. The van der Waals surface area contributed by atoms with Gasteiger partial charge in [0.05, 0.1) is 20.6 Å². The fourth-order valence-corrected chi connectivity index (χ4v) is 4.93. The molecule has 1 fully saturated rings. The number of carbonyl (C=O) groups is 1. The zero-order valence-corrected chi connectivity index (χ0v) is 16.5. The fourth-order valence-electron chi connectivity index (χ4n) is 3.80. The molecule has 140 valence electrons. The number of rotatable bonds is 4. The Balaban J connectivity index is 1.70. The van der Waals surface area contributed by atoms with Gasteiger partial charge in [-0.05, 0) is 37.6 Å². The van der Waals surface area contributed by atoms with Crippen LogP contribution in [-0.2, 0) is 16.6 Å². The quantitative estimate of drug-likeness (QED) is 0.753. The van der Waals surface area contributed by atoms with Gasteiger partial charge in [0.15, 0.2) is 0 Å². The van der Waals surface area contributed by atoms with E-state index in [-0.39, 0.29) is 5.91 Å². The van der Waals surface area contributed by atoms with E-state index in [0.29, 0.717) is 6.42 Å². The Bertz CT molecular complexity index is 882. The van der Waals surface area contributed by atoms with Crippen LogP contribution in [0.4, 0.5) is 0 Å². The highest BCUT2D eigenvalue weighted by atomic mass is 32.1. The molecule has 0 bridgehead atoms. The molecule has 0 radical (unpaired) electrons. The van der Waals surface area contributed by atoms with Crippen molar-refractivity contribution >= 4 is 27.5 Å². The molecule has 1 unspecified atom stereocenters. The van der Waals surface area contributed by atoms with Gasteiger partial charge in [-0.1, -0.05) is 42.5 Å². The van der Waals surface area contributed by atoms with Crippen molar-refractivity contribution in [3.8, 4) is 0 Å². The lowest BCUT2D eigenvalue weighted by atomic mass is 9.78. The second-order valence-electron chi connectivity index (χ2n) is 7.35. The minimum atomic E-state index is -0.612. The van der Waals surface area contributed by atoms with Crippen molar-refractivity contribution in [2.45, 2.75) is 25.2 Å². The summed E-state index contributed by atoms with van der Waals surface area (Å²) in [4.78, 5) is 20.5. The standard InChI is InChI=1S/C22H25N3OS/c1-22(17-8-3-2-4-9-17,21(26)25-14-7-12-23-13-15-25)16-20-24-18-10-5-6-11-19(18)27-20/h2-6,8-11,23H,7,12-16H2,1H3. The summed E-state index contributed by atoms with van der Waals surface area (Å²) in [7, 11) is 0. The number of amides is 1. The van der Waals surface area contributed by atoms with E-state index in [4.69, 9.17) is 4.98 Å². The van der Waals surface area contributed by atoms with Gasteiger partial charge in [-0.25, -0.2) is 4.98 Å². The van der Waals surface area contributed by atoms with Gasteiger partial charge < -0.3 is 10.2 Å². The van der Waals surface area contributed by atoms with Crippen molar-refractivity contribution < 1.29 is 4.79 Å². The summed E-state index contributed by atoms with van der Waals surface area (Å²) in [6, 6.07) is 18.4. The number of hydrogen-bond donors (Lipinski definition) is 1. The monoisotopic (exact) mass is 379 g/mol. The summed E-state index contributed by atoms with van der Waals surface area (Å²) in [5, 5.41) is 4.40. The lowest BCUT2D eigenvalue weighted by molar-refractivity contribution is -0.136. The average molecular weight is 380 g/mol. The smallest absolute Gasteiger partial charge is 0.233 e. The minimum absolute atomic E-state index is 0.205. The molecule has 3 aromatic rings. The van der Waals surface area contributed by atoms with Crippen molar-refractivity contribution in [3.63, 3.8) is 0 Å². The van der Waals surface area contributed by atoms with Crippen LogP contribution >= 0.6 is 11.3 Å². The highest BCUT2D eigenvalue weighted by Gasteiger charge is 2.39. The molecular weight excluding hydrogens is 354 g/mol. The van der Waals surface area contributed by atoms with E-state index in [9.17, 15) is 4.79 Å². The fraction of sp³-hybridized carbons (Fsp3) is 0.364. The molecule has 1 aliphatic heterocycles. The Morgan fingerprint density at radius 1 is 1.11 bits per heavy atom. The SMILES string of the molecule is CC(Cc1nc2ccccc2s1)(C(=O)N1CCCNCC1)c1ccccc1. The summed E-state index contributed by atoms with van der Waals surface area (Å²) in [6.07, 6.45) is 1.62. The Hall–Kier alpha value is -2.24. The first kappa shape index (κ1) is 18.1. The summed E-state index contributed by atoms with van der Waals surface area (Å²) >= 11 is 1.69. The number of hydrogen-bond acceptors (Lipinski definition) is 4. The molecule has 0 spiro atoms. The van der Waals surface area contributed by atoms with Crippen LogP contribution in [0, 0.1) is 0 Å². The van der Waals surface area contributed by atoms with Crippen molar-refractivity contribution in [1.29, 1.82) is 0 Å². The molecular formula is C22H25N3OS. The molecule has 4 rings (SSSR count). The molecule has 1 aromatic heterocycles. The predicted octanol–water partition coefficient (Wildman–Crippen LogP) is 3.62. The molecule has 2 heterocycles. The maximum absolute atomic E-state index is 13.7. The first-order valence-corrected chi connectivity index (χ1v) is 10.4. The van der Waals surface area contributed by atoms with Crippen molar-refractivity contribution in [3.05, 3.63) is 65.2 Å². The first-order chi connectivity index (χ1) is 13.2. The van der Waals surface area contributed by atoms with Crippen molar-refractivity contribution in [2.75, 3.05) is 26.2 Å². The summed E-state index contributed by atoms with van der Waals surface area (Å²) in [5.41, 5.74) is 1.46. The lowest BCUT2D eigenvalue weighted by Crippen LogP contribution is -2.47. The Morgan fingerprint density at radius 3 is 2.70 bits per heavy atom. The molecule has 1 saturated heterocycles. The third kappa shape index (κ3) is 3.75. The third-order valence-electron chi connectivity index (χ3n) is 5.35. The molecule has 0 saturated carbocycles. The highest BCUT2D eigenvalue weighted by Crippen LogP contribution is 2.33. The molecule has 1 amide bonds. The van der Waals surface area contributed by atoms with Gasteiger partial charge in [0.2, 0.25) is 5.91 Å². The van der Waals surface area contributed by atoms with E-state index < -0.39 is 5.41 Å². The van der Waals surface area contributed by atoms with Gasteiger partial charge in [0, 0.05) is 26.1 Å². The molecule has 4 nitrogen and oxygen atoms in total. The van der Waals surface area contributed by atoms with Gasteiger partial charge in [-0.3, -0.25) is 4.79 Å². The van der Waals surface area contributed by atoms with E-state index in [1.807, 2.05) is 41.3 Å². The Kier molecular flexibility index (Phi) is 5.23. The number of carbonyl (C=O) groups excluding carboxylic acids is 1. The van der Waals surface area contributed by atoms with Gasteiger partial charge in [-0.15, -0.1) is 11.3 Å². The minimum Gasteiger partial charge on any atom is -0.341 e. The van der Waals surface area contributed by atoms with E-state index in [2.05, 4.69) is 30.4 Å². The Morgan fingerprint density at radius 2 is 1.89 bits per heavy atom. The average Bonchev–Trinajstić information content (AvgIpc) is 2.91. The molecule has 27 heavy (non-hydrogen) atoms. The van der Waals surface area contributed by atoms with Crippen LogP contribution in [0.25, 0.3) is 10.2 Å². The summed E-state index contributed by atoms with van der Waals surface area (Å²) in [6.45, 7) is 5.49. The van der Waals surface area contributed by atoms with Gasteiger partial charge in [-0.2, -0.15) is 0 Å². The number of nitrogens with one attached hydrogen (secondary N) is 1. The van der Waals surface area contributed by atoms with Crippen LogP contribution < -0.4 is 5.32 Å². The van der Waals surface area contributed by atoms with Crippen LogP contribution in [0.2, 0.25) is 0 Å². The van der Waals surface area contributed by atoms with Gasteiger partial charge in [0.1, 0.15) is 0 Å². The Labute approximate surface area is 164 Å². The normalized spacial score (nSPS) is 17.4. The van der Waals surface area contributed by atoms with E-state index >= 15 is 0 Å². The summed E-state index contributed by atoms with van der Waals surface area (Å²) < 4.78 is 1.18. The number of benzene rings is 2. The van der Waals surface area contributed by atoms with E-state index in [0.717, 1.165) is 48.7 Å². The zero-order chi connectivity index (χ0) is 18.7. The van der Waals surface area contributed by atoms with E-state index in [1.165, 1.54) is 4.70 Å². The number of fused-ring (bicyclic) bond motifs is 1. The third-order valence-corrected chi connectivity index (χ3v) is 6.39. The number of nitrogens with zero attached hydrogens (tertiary/aromatic N) is 2. The van der Waals surface area contributed by atoms with Crippen LogP contribution in [0.15, 0.2) is 54.6 Å². The zero-order valence-electron chi connectivity index (χ0n) is 15.6. The van der Waals surface area contributed by atoms with Crippen molar-refractivity contribution in [1.82, 2.24) is 15.2 Å². The lowest BCUT2D eigenvalue weighted by Gasteiger charge is -2.34. The molecule has 2 aromatic carbocycles. The second-order valence-corrected chi connectivity index (χ2v) is 8.46. The predicted molar refractivity (Wildman–Crippen MR) is 111 cm³/mol. The molecule has 1 N–H and O–H groups in total.